The minimum absolute atomic E-state index is 0.372. The van der Waals surface area contributed by atoms with Crippen LogP contribution in [0.2, 0.25) is 0 Å². The molecule has 4 heteroatoms. The van der Waals surface area contributed by atoms with Crippen molar-refractivity contribution in [1.29, 1.82) is 0 Å². The minimum Gasteiger partial charge on any atom is -0.489 e. The first kappa shape index (κ1) is 13.2. The van der Waals surface area contributed by atoms with E-state index in [1.807, 2.05) is 24.3 Å². The lowest BCUT2D eigenvalue weighted by atomic mass is 10.1. The normalized spacial score (nSPS) is 9.89. The van der Waals surface area contributed by atoms with Crippen molar-refractivity contribution in [3.05, 3.63) is 65.2 Å². The van der Waals surface area contributed by atoms with Crippen molar-refractivity contribution in [3.8, 4) is 5.75 Å². The first-order valence-electron chi connectivity index (χ1n) is 5.76. The van der Waals surface area contributed by atoms with Gasteiger partial charge < -0.3 is 10.5 Å². The first-order valence-corrected chi connectivity index (χ1v) is 6.16. The zero-order valence-corrected chi connectivity index (χ0v) is 11.0. The van der Waals surface area contributed by atoms with Crippen LogP contribution in [-0.4, -0.2) is 11.3 Å². The summed E-state index contributed by atoms with van der Waals surface area (Å²) in [5.74, 6) is 0.714. The van der Waals surface area contributed by atoms with E-state index < -0.39 is 0 Å². The van der Waals surface area contributed by atoms with Crippen molar-refractivity contribution in [3.63, 3.8) is 0 Å². The van der Waals surface area contributed by atoms with E-state index in [4.69, 9.17) is 22.7 Å². The summed E-state index contributed by atoms with van der Waals surface area (Å²) in [4.78, 5) is 10.9. The summed E-state index contributed by atoms with van der Waals surface area (Å²) < 4.78 is 5.63. The summed E-state index contributed by atoms with van der Waals surface area (Å²) >= 11 is 4.93. The quantitative estimate of drug-likeness (QED) is 0.671. The number of hydrogen-bond acceptors (Lipinski definition) is 3. The van der Waals surface area contributed by atoms with E-state index in [0.717, 1.165) is 17.4 Å². The Bertz CT molecular complexity index is 593. The van der Waals surface area contributed by atoms with E-state index in [1.54, 1.807) is 24.3 Å². The van der Waals surface area contributed by atoms with E-state index in [0.29, 0.717) is 22.9 Å². The first-order chi connectivity index (χ1) is 9.19. The number of hydrogen-bond donors (Lipinski definition) is 1. The Labute approximate surface area is 117 Å². The summed E-state index contributed by atoms with van der Waals surface area (Å²) in [6, 6.07) is 14.6. The highest BCUT2D eigenvalue weighted by Gasteiger charge is 2.00. The van der Waals surface area contributed by atoms with Crippen molar-refractivity contribution < 1.29 is 9.53 Å². The Morgan fingerprint density at radius 1 is 1.21 bits per heavy atom. The predicted octanol–water partition coefficient (Wildman–Crippen LogP) is 2.71. The number of aldehydes is 1. The molecule has 0 fully saturated rings. The summed E-state index contributed by atoms with van der Waals surface area (Å²) in [6.07, 6.45) is 0.801. The molecule has 2 aromatic carbocycles. The molecule has 2 rings (SSSR count). The molecule has 0 unspecified atom stereocenters. The third kappa shape index (κ3) is 3.63. The van der Waals surface area contributed by atoms with Gasteiger partial charge in [-0.05, 0) is 35.9 Å². The Morgan fingerprint density at radius 2 is 1.95 bits per heavy atom. The standard InChI is InChI=1S/C15H13NO2S/c16-15(19)13-3-1-2-12(8-13)10-18-14-6-4-11(9-17)5-7-14/h1-9H,10H2,(H2,16,19). The molecular weight excluding hydrogens is 258 g/mol. The lowest BCUT2D eigenvalue weighted by molar-refractivity contribution is 0.112. The molecule has 19 heavy (non-hydrogen) atoms. The van der Waals surface area contributed by atoms with Crippen LogP contribution in [0.15, 0.2) is 48.5 Å². The molecular formula is C15H13NO2S. The Morgan fingerprint density at radius 3 is 2.58 bits per heavy atom. The van der Waals surface area contributed by atoms with Crippen LogP contribution in [0.5, 0.6) is 5.75 Å². The molecule has 0 bridgehead atoms. The average Bonchev–Trinajstić information content (AvgIpc) is 2.46. The van der Waals surface area contributed by atoms with E-state index in [-0.39, 0.29) is 0 Å². The van der Waals surface area contributed by atoms with Crippen LogP contribution in [0.1, 0.15) is 21.5 Å². The molecule has 0 aliphatic carbocycles. The fraction of sp³-hybridized carbons (Fsp3) is 0.0667. The van der Waals surface area contributed by atoms with Crippen molar-refractivity contribution in [2.75, 3.05) is 0 Å². The number of benzene rings is 2. The summed E-state index contributed by atoms with van der Waals surface area (Å²) in [7, 11) is 0. The molecule has 0 aliphatic heterocycles. The molecule has 0 heterocycles. The smallest absolute Gasteiger partial charge is 0.150 e. The summed E-state index contributed by atoms with van der Waals surface area (Å²) in [6.45, 7) is 0.427. The number of carbonyl (C=O) groups is 1. The summed E-state index contributed by atoms with van der Waals surface area (Å²) in [5.41, 5.74) is 8.02. The maximum atomic E-state index is 10.5. The van der Waals surface area contributed by atoms with Gasteiger partial charge in [0.2, 0.25) is 0 Å². The third-order valence-electron chi connectivity index (χ3n) is 2.63. The van der Waals surface area contributed by atoms with Gasteiger partial charge in [-0.25, -0.2) is 0 Å². The van der Waals surface area contributed by atoms with Crippen LogP contribution in [0.25, 0.3) is 0 Å². The summed E-state index contributed by atoms with van der Waals surface area (Å²) in [5, 5.41) is 0. The Hall–Kier alpha value is -2.20. The van der Waals surface area contributed by atoms with Crippen LogP contribution in [0.3, 0.4) is 0 Å². The van der Waals surface area contributed by atoms with Gasteiger partial charge in [0.1, 0.15) is 23.6 Å². The van der Waals surface area contributed by atoms with Gasteiger partial charge in [0, 0.05) is 11.1 Å². The highest BCUT2D eigenvalue weighted by Crippen LogP contribution is 2.14. The van der Waals surface area contributed by atoms with Crippen molar-refractivity contribution >= 4 is 23.5 Å². The average molecular weight is 271 g/mol. The number of rotatable bonds is 5. The van der Waals surface area contributed by atoms with E-state index in [9.17, 15) is 4.79 Å². The Kier molecular flexibility index (Phi) is 4.26. The molecule has 0 aliphatic rings. The highest BCUT2D eigenvalue weighted by atomic mass is 32.1. The second kappa shape index (κ2) is 6.11. The molecule has 0 aromatic heterocycles. The second-order valence-electron chi connectivity index (χ2n) is 4.04. The third-order valence-corrected chi connectivity index (χ3v) is 2.87. The molecule has 2 aromatic rings. The number of nitrogens with two attached hydrogens (primary N) is 1. The van der Waals surface area contributed by atoms with Crippen LogP contribution >= 0.6 is 12.2 Å². The van der Waals surface area contributed by atoms with Gasteiger partial charge in [0.25, 0.3) is 0 Å². The van der Waals surface area contributed by atoms with E-state index in [1.165, 1.54) is 0 Å². The highest BCUT2D eigenvalue weighted by molar-refractivity contribution is 7.80. The van der Waals surface area contributed by atoms with Crippen LogP contribution in [0, 0.1) is 0 Å². The van der Waals surface area contributed by atoms with Gasteiger partial charge in [-0.15, -0.1) is 0 Å². The van der Waals surface area contributed by atoms with Gasteiger partial charge in [0.15, 0.2) is 0 Å². The van der Waals surface area contributed by atoms with E-state index in [2.05, 4.69) is 0 Å². The molecule has 3 nitrogen and oxygen atoms in total. The largest absolute Gasteiger partial charge is 0.489 e. The van der Waals surface area contributed by atoms with E-state index >= 15 is 0 Å². The fourth-order valence-electron chi connectivity index (χ4n) is 1.62. The fourth-order valence-corrected chi connectivity index (χ4v) is 1.75. The number of carbonyl (C=O) groups excluding carboxylic acids is 1. The lowest BCUT2D eigenvalue weighted by Crippen LogP contribution is -2.09. The van der Waals surface area contributed by atoms with Gasteiger partial charge in [-0.1, -0.05) is 30.4 Å². The zero-order valence-electron chi connectivity index (χ0n) is 10.2. The minimum atomic E-state index is 0.372. The zero-order chi connectivity index (χ0) is 13.7. The maximum Gasteiger partial charge on any atom is 0.150 e. The van der Waals surface area contributed by atoms with Gasteiger partial charge in [-0.2, -0.15) is 0 Å². The molecule has 96 valence electrons. The van der Waals surface area contributed by atoms with Crippen molar-refractivity contribution in [2.45, 2.75) is 6.61 Å². The molecule has 0 atom stereocenters. The van der Waals surface area contributed by atoms with Crippen LogP contribution in [0.4, 0.5) is 0 Å². The molecule has 0 saturated heterocycles. The number of thiocarbonyl (C=S) groups is 1. The maximum absolute atomic E-state index is 10.5. The van der Waals surface area contributed by atoms with Gasteiger partial charge >= 0.3 is 0 Å². The Balaban J connectivity index is 2.03. The lowest BCUT2D eigenvalue weighted by Gasteiger charge is -2.07. The van der Waals surface area contributed by atoms with Crippen LogP contribution < -0.4 is 10.5 Å². The monoisotopic (exact) mass is 271 g/mol. The van der Waals surface area contributed by atoms with Crippen molar-refractivity contribution in [2.24, 2.45) is 5.73 Å². The molecule has 2 N–H and O–H groups in total. The number of ether oxygens (including phenoxy) is 1. The molecule has 0 saturated carbocycles. The second-order valence-corrected chi connectivity index (χ2v) is 4.48. The predicted molar refractivity (Wildman–Crippen MR) is 78.5 cm³/mol. The SMILES string of the molecule is NC(=S)c1cccc(COc2ccc(C=O)cc2)c1. The topological polar surface area (TPSA) is 52.3 Å². The van der Waals surface area contributed by atoms with Gasteiger partial charge in [-0.3, -0.25) is 4.79 Å². The molecule has 0 spiro atoms. The molecule has 0 radical (unpaired) electrons. The van der Waals surface area contributed by atoms with Crippen molar-refractivity contribution in [1.82, 2.24) is 0 Å². The molecule has 0 amide bonds. The van der Waals surface area contributed by atoms with Crippen LogP contribution in [-0.2, 0) is 6.61 Å². The van der Waals surface area contributed by atoms with Gasteiger partial charge in [0.05, 0.1) is 0 Å².